The summed E-state index contributed by atoms with van der Waals surface area (Å²) in [6.45, 7) is 9.28. The quantitative estimate of drug-likeness (QED) is 0.759. The van der Waals surface area contributed by atoms with Gasteiger partial charge in [-0.2, -0.15) is 0 Å². The zero-order chi connectivity index (χ0) is 13.2. The lowest BCUT2D eigenvalue weighted by Gasteiger charge is -2.38. The van der Waals surface area contributed by atoms with Crippen LogP contribution in [0.4, 0.5) is 5.69 Å². The third kappa shape index (κ3) is 2.81. The predicted octanol–water partition coefficient (Wildman–Crippen LogP) is 1.78. The Morgan fingerprint density at radius 2 is 1.89 bits per heavy atom. The molecule has 2 heterocycles. The van der Waals surface area contributed by atoms with Gasteiger partial charge >= 0.3 is 0 Å². The van der Waals surface area contributed by atoms with Crippen molar-refractivity contribution in [2.24, 2.45) is 5.41 Å². The first-order chi connectivity index (χ1) is 8.48. The van der Waals surface area contributed by atoms with E-state index in [0.29, 0.717) is 0 Å². The van der Waals surface area contributed by atoms with Crippen molar-refractivity contribution in [1.82, 2.24) is 9.88 Å². The lowest BCUT2D eigenvalue weighted by Crippen LogP contribution is -2.51. The summed E-state index contributed by atoms with van der Waals surface area (Å²) in [5.41, 5.74) is 0.858. The fraction of sp³-hybridized carbons (Fsp3) is 0.571. The van der Waals surface area contributed by atoms with Gasteiger partial charge < -0.3 is 9.80 Å². The molecule has 0 aliphatic carbocycles. The first kappa shape index (κ1) is 12.9. The number of rotatable bonds is 1. The number of hydrogen-bond acceptors (Lipinski definition) is 3. The van der Waals surface area contributed by atoms with E-state index < -0.39 is 0 Å². The molecule has 1 amide bonds. The van der Waals surface area contributed by atoms with Gasteiger partial charge in [0.1, 0.15) is 0 Å². The van der Waals surface area contributed by atoms with Gasteiger partial charge in [-0.1, -0.05) is 20.8 Å². The Kier molecular flexibility index (Phi) is 3.55. The van der Waals surface area contributed by atoms with Crippen LogP contribution < -0.4 is 4.90 Å². The molecule has 0 spiro atoms. The van der Waals surface area contributed by atoms with Crippen LogP contribution in [0.5, 0.6) is 0 Å². The molecule has 0 radical (unpaired) electrons. The summed E-state index contributed by atoms with van der Waals surface area (Å²) in [5, 5.41) is 0. The van der Waals surface area contributed by atoms with Crippen LogP contribution in [-0.2, 0) is 4.79 Å². The average Bonchev–Trinajstić information content (AvgIpc) is 2.38. The third-order valence-electron chi connectivity index (χ3n) is 3.22. The third-order valence-corrected chi connectivity index (χ3v) is 3.22. The molecule has 1 aliphatic rings. The van der Waals surface area contributed by atoms with Gasteiger partial charge in [0.05, 0.1) is 11.9 Å². The minimum Gasteiger partial charge on any atom is -0.367 e. The second-order valence-corrected chi connectivity index (χ2v) is 5.74. The molecule has 0 saturated carbocycles. The highest BCUT2D eigenvalue weighted by molar-refractivity contribution is 5.81. The van der Waals surface area contributed by atoms with E-state index in [1.54, 1.807) is 6.20 Å². The molecule has 0 aromatic carbocycles. The summed E-state index contributed by atoms with van der Waals surface area (Å²) >= 11 is 0. The topological polar surface area (TPSA) is 36.4 Å². The molecule has 0 N–H and O–H groups in total. The molecule has 0 unspecified atom stereocenters. The molecule has 1 saturated heterocycles. The number of hydrogen-bond donors (Lipinski definition) is 0. The number of piperazine rings is 1. The van der Waals surface area contributed by atoms with E-state index in [9.17, 15) is 4.79 Å². The SMILES string of the molecule is CC(C)(C)C(=O)N1CCN(c2cccnc2)CC1. The van der Waals surface area contributed by atoms with Crippen molar-refractivity contribution in [2.45, 2.75) is 20.8 Å². The number of carbonyl (C=O) groups is 1. The maximum atomic E-state index is 12.2. The van der Waals surface area contributed by atoms with E-state index in [2.05, 4.69) is 16.0 Å². The highest BCUT2D eigenvalue weighted by atomic mass is 16.2. The minimum atomic E-state index is -0.281. The van der Waals surface area contributed by atoms with Crippen molar-refractivity contribution in [3.05, 3.63) is 24.5 Å². The highest BCUT2D eigenvalue weighted by Crippen LogP contribution is 2.20. The second kappa shape index (κ2) is 4.96. The van der Waals surface area contributed by atoms with Gasteiger partial charge in [-0.3, -0.25) is 9.78 Å². The minimum absolute atomic E-state index is 0.244. The summed E-state index contributed by atoms with van der Waals surface area (Å²) in [5.74, 6) is 0.244. The molecule has 1 fully saturated rings. The van der Waals surface area contributed by atoms with Crippen LogP contribution in [0.25, 0.3) is 0 Å². The van der Waals surface area contributed by atoms with Crippen LogP contribution in [0.15, 0.2) is 24.5 Å². The number of aromatic nitrogens is 1. The van der Waals surface area contributed by atoms with Crippen LogP contribution in [-0.4, -0.2) is 42.0 Å². The second-order valence-electron chi connectivity index (χ2n) is 5.74. The van der Waals surface area contributed by atoms with E-state index in [1.165, 1.54) is 0 Å². The monoisotopic (exact) mass is 247 g/mol. The van der Waals surface area contributed by atoms with Gasteiger partial charge in [-0.05, 0) is 12.1 Å². The highest BCUT2D eigenvalue weighted by Gasteiger charge is 2.29. The standard InChI is InChI=1S/C14H21N3O/c1-14(2,3)13(18)17-9-7-16(8-10-17)12-5-4-6-15-11-12/h4-6,11H,7-10H2,1-3H3. The van der Waals surface area contributed by atoms with E-state index in [-0.39, 0.29) is 11.3 Å². The molecule has 4 heteroatoms. The number of anilines is 1. The van der Waals surface area contributed by atoms with E-state index in [4.69, 9.17) is 0 Å². The Balaban J connectivity index is 1.95. The lowest BCUT2D eigenvalue weighted by molar-refractivity contribution is -0.139. The molecular formula is C14H21N3O. The fourth-order valence-corrected chi connectivity index (χ4v) is 2.18. The number of nitrogens with zero attached hydrogens (tertiary/aromatic N) is 3. The Morgan fingerprint density at radius 3 is 2.39 bits per heavy atom. The van der Waals surface area contributed by atoms with Crippen LogP contribution >= 0.6 is 0 Å². The first-order valence-electron chi connectivity index (χ1n) is 6.43. The van der Waals surface area contributed by atoms with Gasteiger partial charge in [0, 0.05) is 37.8 Å². The van der Waals surface area contributed by atoms with Gasteiger partial charge in [0.2, 0.25) is 5.91 Å². The van der Waals surface area contributed by atoms with Crippen LogP contribution in [0.3, 0.4) is 0 Å². The molecule has 1 aromatic heterocycles. The maximum Gasteiger partial charge on any atom is 0.228 e. The lowest BCUT2D eigenvalue weighted by atomic mass is 9.94. The Labute approximate surface area is 109 Å². The average molecular weight is 247 g/mol. The van der Waals surface area contributed by atoms with Crippen LogP contribution in [0.2, 0.25) is 0 Å². The normalized spacial score (nSPS) is 16.8. The van der Waals surface area contributed by atoms with Crippen molar-refractivity contribution < 1.29 is 4.79 Å². The number of carbonyl (C=O) groups excluding carboxylic acids is 1. The maximum absolute atomic E-state index is 12.2. The molecule has 0 bridgehead atoms. The van der Waals surface area contributed by atoms with Crippen molar-refractivity contribution in [2.75, 3.05) is 31.1 Å². The summed E-state index contributed by atoms with van der Waals surface area (Å²) in [7, 11) is 0. The van der Waals surface area contributed by atoms with Crippen molar-refractivity contribution in [3.63, 3.8) is 0 Å². The number of amides is 1. The van der Waals surface area contributed by atoms with Gasteiger partial charge in [-0.15, -0.1) is 0 Å². The van der Waals surface area contributed by atoms with Gasteiger partial charge in [0.15, 0.2) is 0 Å². The van der Waals surface area contributed by atoms with Crippen molar-refractivity contribution in [1.29, 1.82) is 0 Å². The van der Waals surface area contributed by atoms with E-state index in [0.717, 1.165) is 31.9 Å². The van der Waals surface area contributed by atoms with E-state index in [1.807, 2.05) is 37.9 Å². The molecule has 0 atom stereocenters. The molecule has 1 aliphatic heterocycles. The smallest absolute Gasteiger partial charge is 0.228 e. The summed E-state index contributed by atoms with van der Waals surface area (Å²) in [4.78, 5) is 20.5. The Bertz CT molecular complexity index is 403. The van der Waals surface area contributed by atoms with Crippen LogP contribution in [0, 0.1) is 5.41 Å². The molecule has 18 heavy (non-hydrogen) atoms. The summed E-state index contributed by atoms with van der Waals surface area (Å²) < 4.78 is 0. The Hall–Kier alpha value is -1.58. The van der Waals surface area contributed by atoms with E-state index >= 15 is 0 Å². The molecule has 1 aromatic rings. The largest absolute Gasteiger partial charge is 0.367 e. The van der Waals surface area contributed by atoms with Crippen molar-refractivity contribution >= 4 is 11.6 Å². The van der Waals surface area contributed by atoms with Gasteiger partial charge in [-0.25, -0.2) is 0 Å². The van der Waals surface area contributed by atoms with Crippen molar-refractivity contribution in [3.8, 4) is 0 Å². The first-order valence-corrected chi connectivity index (χ1v) is 6.43. The predicted molar refractivity (Wildman–Crippen MR) is 72.5 cm³/mol. The number of pyridine rings is 1. The zero-order valence-corrected chi connectivity index (χ0v) is 11.4. The fourth-order valence-electron chi connectivity index (χ4n) is 2.18. The summed E-state index contributed by atoms with van der Waals surface area (Å²) in [6.07, 6.45) is 3.66. The summed E-state index contributed by atoms with van der Waals surface area (Å²) in [6, 6.07) is 4.01. The molecule has 2 rings (SSSR count). The van der Waals surface area contributed by atoms with Gasteiger partial charge in [0.25, 0.3) is 0 Å². The zero-order valence-electron chi connectivity index (χ0n) is 11.4. The Morgan fingerprint density at radius 1 is 1.22 bits per heavy atom. The molecular weight excluding hydrogens is 226 g/mol. The molecule has 98 valence electrons. The molecule has 4 nitrogen and oxygen atoms in total. The van der Waals surface area contributed by atoms with Crippen LogP contribution in [0.1, 0.15) is 20.8 Å².